The summed E-state index contributed by atoms with van der Waals surface area (Å²) in [6.45, 7) is 0.112. The second kappa shape index (κ2) is 5.49. The van der Waals surface area contributed by atoms with E-state index in [0.717, 1.165) is 17.7 Å². The number of rotatable bonds is 4. The van der Waals surface area contributed by atoms with Crippen LogP contribution in [0.4, 0.5) is 8.78 Å². The molecule has 0 aliphatic carbocycles. The second-order valence-corrected chi connectivity index (χ2v) is 3.69. The zero-order chi connectivity index (χ0) is 13.0. The van der Waals surface area contributed by atoms with Gasteiger partial charge >= 0.3 is 0 Å². The van der Waals surface area contributed by atoms with Gasteiger partial charge in [0.05, 0.1) is 7.11 Å². The van der Waals surface area contributed by atoms with Gasteiger partial charge in [0.15, 0.2) is 17.4 Å². The van der Waals surface area contributed by atoms with Gasteiger partial charge in [0.25, 0.3) is 0 Å². The van der Waals surface area contributed by atoms with Gasteiger partial charge in [-0.3, -0.25) is 0 Å². The molecule has 0 aliphatic rings. The number of methoxy groups -OCH3 is 1. The molecule has 0 atom stereocenters. The van der Waals surface area contributed by atoms with Gasteiger partial charge in [-0.2, -0.15) is 0 Å². The lowest BCUT2D eigenvalue weighted by atomic mass is 10.2. The molecule has 0 saturated carbocycles. The highest BCUT2D eigenvalue weighted by molar-refractivity contribution is 5.35. The molecule has 0 bridgehead atoms. The van der Waals surface area contributed by atoms with Crippen molar-refractivity contribution in [1.82, 2.24) is 0 Å². The van der Waals surface area contributed by atoms with Crippen LogP contribution in [0.1, 0.15) is 5.56 Å². The smallest absolute Gasteiger partial charge is 0.191 e. The average Bonchev–Trinajstić information content (AvgIpc) is 2.38. The number of ether oxygens (including phenoxy) is 2. The Balaban J connectivity index is 2.15. The lowest BCUT2D eigenvalue weighted by Crippen LogP contribution is -2.00. The van der Waals surface area contributed by atoms with E-state index < -0.39 is 11.6 Å². The Kier molecular flexibility index (Phi) is 3.77. The molecule has 4 heteroatoms. The van der Waals surface area contributed by atoms with E-state index in [2.05, 4.69) is 0 Å². The minimum atomic E-state index is -0.775. The molecule has 0 radical (unpaired) electrons. The highest BCUT2D eigenvalue weighted by atomic mass is 19.1. The Morgan fingerprint density at radius 3 is 2.17 bits per heavy atom. The van der Waals surface area contributed by atoms with E-state index in [1.54, 1.807) is 0 Å². The van der Waals surface area contributed by atoms with Crippen molar-refractivity contribution >= 4 is 0 Å². The van der Waals surface area contributed by atoms with Crippen LogP contribution >= 0.6 is 0 Å². The Bertz CT molecular complexity index is 504. The number of hydrogen-bond donors (Lipinski definition) is 0. The summed E-state index contributed by atoms with van der Waals surface area (Å²) in [4.78, 5) is 0. The van der Waals surface area contributed by atoms with Gasteiger partial charge in [0.1, 0.15) is 12.4 Å². The van der Waals surface area contributed by atoms with Crippen molar-refractivity contribution in [2.75, 3.05) is 7.11 Å². The van der Waals surface area contributed by atoms with Crippen molar-refractivity contribution in [3.05, 3.63) is 59.7 Å². The summed E-state index contributed by atoms with van der Waals surface area (Å²) in [6, 6.07) is 11.3. The first kappa shape index (κ1) is 12.4. The largest absolute Gasteiger partial charge is 0.497 e. The molecule has 0 saturated heterocycles. The van der Waals surface area contributed by atoms with Crippen molar-refractivity contribution in [2.24, 2.45) is 0 Å². The van der Waals surface area contributed by atoms with E-state index >= 15 is 0 Å². The van der Waals surface area contributed by atoms with Crippen LogP contribution in [0.25, 0.3) is 0 Å². The maximum atomic E-state index is 13.6. The molecule has 0 fully saturated rings. The van der Waals surface area contributed by atoms with E-state index in [4.69, 9.17) is 9.47 Å². The first-order valence-electron chi connectivity index (χ1n) is 5.40. The quantitative estimate of drug-likeness (QED) is 0.826. The van der Waals surface area contributed by atoms with Crippen LogP contribution in [0.15, 0.2) is 42.5 Å². The van der Waals surface area contributed by atoms with Gasteiger partial charge in [-0.05, 0) is 5.56 Å². The fourth-order valence-corrected chi connectivity index (χ4v) is 1.52. The molecule has 2 rings (SSSR count). The highest BCUT2D eigenvalue weighted by Crippen LogP contribution is 2.27. The van der Waals surface area contributed by atoms with E-state index in [9.17, 15) is 8.78 Å². The van der Waals surface area contributed by atoms with Crippen molar-refractivity contribution in [3.63, 3.8) is 0 Å². The minimum absolute atomic E-state index is 0.112. The standard InChI is InChI=1S/C14H12F2O2/c1-17-11-7-12(15)14(13(16)8-11)18-9-10-5-3-2-4-6-10/h2-8H,9H2,1H3. The molecular weight excluding hydrogens is 238 g/mol. The van der Waals surface area contributed by atoms with Gasteiger partial charge in [-0.15, -0.1) is 0 Å². The Morgan fingerprint density at radius 1 is 1.00 bits per heavy atom. The second-order valence-electron chi connectivity index (χ2n) is 3.69. The normalized spacial score (nSPS) is 10.2. The molecule has 2 aromatic rings. The fraction of sp³-hybridized carbons (Fsp3) is 0.143. The van der Waals surface area contributed by atoms with Gasteiger partial charge in [0, 0.05) is 12.1 Å². The summed E-state index contributed by atoms with van der Waals surface area (Å²) in [5.41, 5.74) is 0.840. The van der Waals surface area contributed by atoms with Crippen molar-refractivity contribution in [1.29, 1.82) is 0 Å². The third kappa shape index (κ3) is 2.77. The molecule has 0 N–H and O–H groups in total. The summed E-state index contributed by atoms with van der Waals surface area (Å²) in [5.74, 6) is -1.82. The average molecular weight is 250 g/mol. The topological polar surface area (TPSA) is 18.5 Å². The molecule has 2 nitrogen and oxygen atoms in total. The molecule has 94 valence electrons. The molecule has 0 spiro atoms. The summed E-state index contributed by atoms with van der Waals surface area (Å²) in [6.07, 6.45) is 0. The fourth-order valence-electron chi connectivity index (χ4n) is 1.52. The van der Waals surface area contributed by atoms with Gasteiger partial charge in [-0.1, -0.05) is 30.3 Å². The van der Waals surface area contributed by atoms with Crippen molar-refractivity contribution in [3.8, 4) is 11.5 Å². The van der Waals surface area contributed by atoms with E-state index in [1.165, 1.54) is 7.11 Å². The monoisotopic (exact) mass is 250 g/mol. The zero-order valence-electron chi connectivity index (χ0n) is 9.82. The maximum absolute atomic E-state index is 13.6. The first-order chi connectivity index (χ1) is 8.70. The maximum Gasteiger partial charge on any atom is 0.191 e. The molecule has 0 unspecified atom stereocenters. The van der Waals surface area contributed by atoms with Gasteiger partial charge < -0.3 is 9.47 Å². The van der Waals surface area contributed by atoms with Crippen LogP contribution in [0.5, 0.6) is 11.5 Å². The molecular formula is C14H12F2O2. The third-order valence-electron chi connectivity index (χ3n) is 2.43. The van der Waals surface area contributed by atoms with E-state index in [0.29, 0.717) is 0 Å². The van der Waals surface area contributed by atoms with E-state index in [-0.39, 0.29) is 18.1 Å². The van der Waals surface area contributed by atoms with Gasteiger partial charge in [0.2, 0.25) is 0 Å². The Labute approximate surface area is 104 Å². The Morgan fingerprint density at radius 2 is 1.61 bits per heavy atom. The van der Waals surface area contributed by atoms with Crippen molar-refractivity contribution in [2.45, 2.75) is 6.61 Å². The number of hydrogen-bond acceptors (Lipinski definition) is 2. The zero-order valence-corrected chi connectivity index (χ0v) is 9.82. The summed E-state index contributed by atoms with van der Waals surface area (Å²) < 4.78 is 37.0. The SMILES string of the molecule is COc1cc(F)c(OCc2ccccc2)c(F)c1. The van der Waals surface area contributed by atoms with Crippen LogP contribution in [0, 0.1) is 11.6 Å². The number of benzene rings is 2. The highest BCUT2D eigenvalue weighted by Gasteiger charge is 2.13. The summed E-state index contributed by atoms with van der Waals surface area (Å²) in [5, 5.41) is 0. The molecule has 2 aromatic carbocycles. The molecule has 0 heterocycles. The third-order valence-corrected chi connectivity index (χ3v) is 2.43. The number of halogens is 2. The van der Waals surface area contributed by atoms with Crippen LogP contribution in [0.3, 0.4) is 0 Å². The predicted octanol–water partition coefficient (Wildman–Crippen LogP) is 3.55. The van der Waals surface area contributed by atoms with Crippen LogP contribution in [-0.4, -0.2) is 7.11 Å². The molecule has 0 amide bonds. The van der Waals surface area contributed by atoms with Gasteiger partial charge in [-0.25, -0.2) is 8.78 Å². The summed E-state index contributed by atoms with van der Waals surface area (Å²) in [7, 11) is 1.35. The lowest BCUT2D eigenvalue weighted by molar-refractivity contribution is 0.272. The Hall–Kier alpha value is -2.10. The lowest BCUT2D eigenvalue weighted by Gasteiger charge is -2.09. The molecule has 0 aromatic heterocycles. The van der Waals surface area contributed by atoms with Crippen LogP contribution in [-0.2, 0) is 6.61 Å². The molecule has 18 heavy (non-hydrogen) atoms. The predicted molar refractivity (Wildman–Crippen MR) is 63.7 cm³/mol. The van der Waals surface area contributed by atoms with E-state index in [1.807, 2.05) is 30.3 Å². The first-order valence-corrected chi connectivity index (χ1v) is 5.40. The van der Waals surface area contributed by atoms with Crippen LogP contribution in [0.2, 0.25) is 0 Å². The van der Waals surface area contributed by atoms with Crippen LogP contribution < -0.4 is 9.47 Å². The molecule has 0 aliphatic heterocycles. The van der Waals surface area contributed by atoms with Crippen molar-refractivity contribution < 1.29 is 18.3 Å². The summed E-state index contributed by atoms with van der Waals surface area (Å²) >= 11 is 0. The minimum Gasteiger partial charge on any atom is -0.497 e.